The number of carbonyl (C=O) groups is 1. The lowest BCUT2D eigenvalue weighted by atomic mass is 10.1. The third-order valence-electron chi connectivity index (χ3n) is 2.92. The van der Waals surface area contributed by atoms with Crippen LogP contribution >= 0.6 is 0 Å². The summed E-state index contributed by atoms with van der Waals surface area (Å²) in [6, 6.07) is 0.612. The van der Waals surface area contributed by atoms with E-state index in [4.69, 9.17) is 5.11 Å². The Kier molecular flexibility index (Phi) is 2.60. The molecule has 0 spiro atoms. The normalized spacial score (nSPS) is 32.2. The SMILES string of the molecule is O=C(O)N1C[C@H](CNC2CC2)[C@H](O)C1. The summed E-state index contributed by atoms with van der Waals surface area (Å²) in [6.45, 7) is 1.44. The maximum atomic E-state index is 10.6. The van der Waals surface area contributed by atoms with Crippen molar-refractivity contribution in [3.8, 4) is 0 Å². The van der Waals surface area contributed by atoms with Gasteiger partial charge in [0.25, 0.3) is 0 Å². The Bertz CT molecular complexity index is 230. The second kappa shape index (κ2) is 3.74. The van der Waals surface area contributed by atoms with Gasteiger partial charge in [-0.15, -0.1) is 0 Å². The molecule has 2 aliphatic rings. The van der Waals surface area contributed by atoms with E-state index in [0.29, 0.717) is 12.6 Å². The molecule has 14 heavy (non-hydrogen) atoms. The van der Waals surface area contributed by atoms with Gasteiger partial charge < -0.3 is 20.4 Å². The molecule has 1 amide bonds. The highest BCUT2D eigenvalue weighted by atomic mass is 16.4. The Balaban J connectivity index is 1.77. The fourth-order valence-electron chi connectivity index (χ4n) is 1.82. The summed E-state index contributed by atoms with van der Waals surface area (Å²) in [7, 11) is 0. The van der Waals surface area contributed by atoms with E-state index in [1.54, 1.807) is 0 Å². The van der Waals surface area contributed by atoms with Gasteiger partial charge in [-0.05, 0) is 12.8 Å². The molecule has 2 atom stereocenters. The van der Waals surface area contributed by atoms with Gasteiger partial charge in [0.1, 0.15) is 0 Å². The lowest BCUT2D eigenvalue weighted by molar-refractivity contribution is 0.131. The largest absolute Gasteiger partial charge is 0.465 e. The molecule has 0 aromatic rings. The number of amides is 1. The average molecular weight is 200 g/mol. The van der Waals surface area contributed by atoms with Crippen molar-refractivity contribution in [2.24, 2.45) is 5.92 Å². The van der Waals surface area contributed by atoms with Crippen molar-refractivity contribution >= 4 is 6.09 Å². The van der Waals surface area contributed by atoms with E-state index < -0.39 is 12.2 Å². The first-order valence-electron chi connectivity index (χ1n) is 5.06. The topological polar surface area (TPSA) is 72.8 Å². The van der Waals surface area contributed by atoms with Crippen molar-refractivity contribution in [3.63, 3.8) is 0 Å². The van der Waals surface area contributed by atoms with Crippen molar-refractivity contribution in [1.29, 1.82) is 0 Å². The van der Waals surface area contributed by atoms with E-state index in [0.717, 1.165) is 6.54 Å². The van der Waals surface area contributed by atoms with Crippen LogP contribution in [0.5, 0.6) is 0 Å². The number of nitrogens with zero attached hydrogens (tertiary/aromatic N) is 1. The molecule has 1 saturated carbocycles. The molecule has 5 heteroatoms. The number of carboxylic acid groups (broad SMARTS) is 1. The highest BCUT2D eigenvalue weighted by Gasteiger charge is 2.34. The maximum Gasteiger partial charge on any atom is 0.407 e. The minimum Gasteiger partial charge on any atom is -0.465 e. The third kappa shape index (κ3) is 2.16. The number of aliphatic hydroxyl groups is 1. The second-order valence-electron chi connectivity index (χ2n) is 4.20. The van der Waals surface area contributed by atoms with Crippen molar-refractivity contribution in [3.05, 3.63) is 0 Å². The van der Waals surface area contributed by atoms with E-state index in [-0.39, 0.29) is 12.5 Å². The highest BCUT2D eigenvalue weighted by molar-refractivity contribution is 5.65. The number of rotatable bonds is 3. The van der Waals surface area contributed by atoms with Crippen LogP contribution in [0, 0.1) is 5.92 Å². The molecule has 0 radical (unpaired) electrons. The van der Waals surface area contributed by atoms with Crippen LogP contribution in [0.4, 0.5) is 4.79 Å². The Hall–Kier alpha value is -0.810. The zero-order chi connectivity index (χ0) is 10.1. The van der Waals surface area contributed by atoms with Crippen molar-refractivity contribution in [1.82, 2.24) is 10.2 Å². The van der Waals surface area contributed by atoms with Crippen LogP contribution in [0.3, 0.4) is 0 Å². The van der Waals surface area contributed by atoms with Crippen LogP contribution in [-0.4, -0.2) is 53.0 Å². The first-order valence-corrected chi connectivity index (χ1v) is 5.06. The molecule has 0 unspecified atom stereocenters. The lowest BCUT2D eigenvalue weighted by Crippen LogP contribution is -2.31. The van der Waals surface area contributed by atoms with E-state index >= 15 is 0 Å². The minimum absolute atomic E-state index is 0.0618. The van der Waals surface area contributed by atoms with Gasteiger partial charge in [0, 0.05) is 25.0 Å². The maximum absolute atomic E-state index is 10.6. The molecule has 80 valence electrons. The summed E-state index contributed by atoms with van der Waals surface area (Å²) in [4.78, 5) is 11.9. The van der Waals surface area contributed by atoms with Gasteiger partial charge in [-0.1, -0.05) is 0 Å². The molecule has 1 heterocycles. The van der Waals surface area contributed by atoms with Crippen molar-refractivity contribution in [2.75, 3.05) is 19.6 Å². The van der Waals surface area contributed by atoms with E-state index in [1.165, 1.54) is 17.7 Å². The zero-order valence-electron chi connectivity index (χ0n) is 8.02. The standard InChI is InChI=1S/C9H16N2O3/c12-8-5-11(9(13)14)4-6(8)3-10-7-1-2-7/h6-8,10,12H,1-5H2,(H,13,14)/t6-,8+/m0/s1. The van der Waals surface area contributed by atoms with Crippen LogP contribution in [0.15, 0.2) is 0 Å². The fourth-order valence-corrected chi connectivity index (χ4v) is 1.82. The number of β-amino-alcohol motifs (C(OH)–C–C–N with tert-alkyl or cyclic N) is 1. The van der Waals surface area contributed by atoms with Gasteiger partial charge in [0.15, 0.2) is 0 Å². The highest BCUT2D eigenvalue weighted by Crippen LogP contribution is 2.21. The summed E-state index contributed by atoms with van der Waals surface area (Å²) in [6.07, 6.45) is 0.993. The lowest BCUT2D eigenvalue weighted by Gasteiger charge is -2.13. The molecule has 1 saturated heterocycles. The van der Waals surface area contributed by atoms with Crippen LogP contribution in [0.2, 0.25) is 0 Å². The molecular weight excluding hydrogens is 184 g/mol. The quantitative estimate of drug-likeness (QED) is 0.585. The van der Waals surface area contributed by atoms with Gasteiger partial charge >= 0.3 is 6.09 Å². The Morgan fingerprint density at radius 3 is 2.64 bits per heavy atom. The monoisotopic (exact) mass is 200 g/mol. The smallest absolute Gasteiger partial charge is 0.407 e. The predicted molar refractivity (Wildman–Crippen MR) is 50.1 cm³/mol. The van der Waals surface area contributed by atoms with E-state index in [2.05, 4.69) is 5.32 Å². The third-order valence-corrected chi connectivity index (χ3v) is 2.92. The molecule has 1 aliphatic heterocycles. The van der Waals surface area contributed by atoms with Crippen molar-refractivity contribution in [2.45, 2.75) is 25.0 Å². The van der Waals surface area contributed by atoms with Gasteiger partial charge in [0.05, 0.1) is 12.6 Å². The van der Waals surface area contributed by atoms with E-state index in [1.807, 2.05) is 0 Å². The Labute approximate surface area is 82.7 Å². The van der Waals surface area contributed by atoms with Gasteiger partial charge in [0.2, 0.25) is 0 Å². The van der Waals surface area contributed by atoms with Crippen molar-refractivity contribution < 1.29 is 15.0 Å². The van der Waals surface area contributed by atoms with Crippen LogP contribution in [-0.2, 0) is 0 Å². The summed E-state index contributed by atoms with van der Waals surface area (Å²) in [5.41, 5.74) is 0. The fraction of sp³-hybridized carbons (Fsp3) is 0.889. The van der Waals surface area contributed by atoms with Crippen LogP contribution < -0.4 is 5.32 Å². The summed E-state index contributed by atoms with van der Waals surface area (Å²) < 4.78 is 0. The number of nitrogens with one attached hydrogen (secondary N) is 1. The minimum atomic E-state index is -0.932. The molecule has 1 aliphatic carbocycles. The number of hydrogen-bond acceptors (Lipinski definition) is 3. The van der Waals surface area contributed by atoms with E-state index in [9.17, 15) is 9.90 Å². The summed E-state index contributed by atoms with van der Waals surface area (Å²) in [5, 5.41) is 21.6. The molecule has 0 aromatic heterocycles. The molecule has 2 rings (SSSR count). The predicted octanol–water partition coefficient (Wildman–Crippen LogP) is -0.291. The first-order chi connectivity index (χ1) is 6.66. The van der Waals surface area contributed by atoms with Gasteiger partial charge in [-0.25, -0.2) is 4.79 Å². The number of likely N-dealkylation sites (tertiary alicyclic amines) is 1. The molecule has 0 aromatic carbocycles. The summed E-state index contributed by atoms with van der Waals surface area (Å²) in [5.74, 6) is 0.0618. The Morgan fingerprint density at radius 1 is 1.43 bits per heavy atom. The number of aliphatic hydroxyl groups excluding tert-OH is 1. The molecule has 0 bridgehead atoms. The average Bonchev–Trinajstić information content (AvgIpc) is 2.87. The molecular formula is C9H16N2O3. The second-order valence-corrected chi connectivity index (χ2v) is 4.20. The summed E-state index contributed by atoms with van der Waals surface area (Å²) >= 11 is 0. The van der Waals surface area contributed by atoms with Gasteiger partial charge in [-0.3, -0.25) is 0 Å². The first kappa shape index (κ1) is 9.73. The Morgan fingerprint density at radius 2 is 2.14 bits per heavy atom. The zero-order valence-corrected chi connectivity index (χ0v) is 8.02. The molecule has 5 nitrogen and oxygen atoms in total. The van der Waals surface area contributed by atoms with Crippen LogP contribution in [0.25, 0.3) is 0 Å². The van der Waals surface area contributed by atoms with Crippen LogP contribution in [0.1, 0.15) is 12.8 Å². The molecule has 2 fully saturated rings. The van der Waals surface area contributed by atoms with Gasteiger partial charge in [-0.2, -0.15) is 0 Å². The molecule has 3 N–H and O–H groups in total. The number of hydrogen-bond donors (Lipinski definition) is 3.